The molecule has 0 saturated heterocycles. The molecule has 0 N–H and O–H groups in total. The topological polar surface area (TPSA) is 9.23 Å². The lowest BCUT2D eigenvalue weighted by molar-refractivity contribution is -0.147. The number of hydrogen-bond donors (Lipinski definition) is 0. The van der Waals surface area contributed by atoms with E-state index in [1.54, 1.807) is 0 Å². The Balaban J connectivity index is 2.13. The highest BCUT2D eigenvalue weighted by molar-refractivity contribution is 4.87. The van der Waals surface area contributed by atoms with Gasteiger partial charge in [-0.2, -0.15) is 4.94 Å². The molecule has 1 rings (SSSR count). The van der Waals surface area contributed by atoms with E-state index in [2.05, 4.69) is 4.94 Å². The number of halogens is 1. The SMILES string of the molecule is CC1(COF)CC1. The first-order valence-electron chi connectivity index (χ1n) is 2.50. The van der Waals surface area contributed by atoms with E-state index >= 15 is 0 Å². The van der Waals surface area contributed by atoms with E-state index in [0.29, 0.717) is 0 Å². The van der Waals surface area contributed by atoms with Crippen LogP contribution in [0.1, 0.15) is 19.8 Å². The average molecular weight is 104 g/mol. The first-order valence-corrected chi connectivity index (χ1v) is 2.50. The molecule has 0 atom stereocenters. The molecule has 1 fully saturated rings. The Hall–Kier alpha value is -0.110. The molecule has 0 spiro atoms. The van der Waals surface area contributed by atoms with Crippen LogP contribution in [0.5, 0.6) is 0 Å². The summed E-state index contributed by atoms with van der Waals surface area (Å²) in [6.45, 7) is 2.31. The minimum absolute atomic E-state index is 0.203. The molecule has 0 aromatic carbocycles. The maximum Gasteiger partial charge on any atom is 0.0929 e. The van der Waals surface area contributed by atoms with Crippen LogP contribution in [0, 0.1) is 5.41 Å². The highest BCUT2D eigenvalue weighted by atomic mass is 19.3. The zero-order chi connectivity index (χ0) is 5.33. The highest BCUT2D eigenvalue weighted by Crippen LogP contribution is 2.44. The molecule has 1 aliphatic rings. The number of hydrogen-bond acceptors (Lipinski definition) is 1. The Labute approximate surface area is 42.4 Å². The first-order chi connectivity index (χ1) is 3.27. The average Bonchev–Trinajstić information content (AvgIpc) is 2.22. The van der Waals surface area contributed by atoms with E-state index in [0.717, 1.165) is 12.8 Å². The largest absolute Gasteiger partial charge is 0.194 e. The molecule has 2 heteroatoms. The van der Waals surface area contributed by atoms with Gasteiger partial charge >= 0.3 is 0 Å². The van der Waals surface area contributed by atoms with Gasteiger partial charge in [0.25, 0.3) is 0 Å². The standard InChI is InChI=1S/C5H9FO/c1-5(2-3-5)4-7-6/h2-4H2,1H3. The van der Waals surface area contributed by atoms with Crippen molar-refractivity contribution in [1.29, 1.82) is 0 Å². The van der Waals surface area contributed by atoms with Crippen LogP contribution in [0.25, 0.3) is 0 Å². The third kappa shape index (κ3) is 1.13. The fraction of sp³-hybridized carbons (Fsp3) is 1.00. The van der Waals surface area contributed by atoms with Gasteiger partial charge in [-0.05, 0) is 22.8 Å². The normalized spacial score (nSPS) is 24.9. The minimum Gasteiger partial charge on any atom is -0.194 e. The maximum atomic E-state index is 11.0. The van der Waals surface area contributed by atoms with Gasteiger partial charge in [-0.1, -0.05) is 6.92 Å². The Morgan fingerprint density at radius 3 is 2.43 bits per heavy atom. The van der Waals surface area contributed by atoms with E-state index < -0.39 is 0 Å². The molecule has 0 bridgehead atoms. The predicted molar refractivity (Wildman–Crippen MR) is 24.4 cm³/mol. The van der Waals surface area contributed by atoms with Crippen LogP contribution in [0.2, 0.25) is 0 Å². The smallest absolute Gasteiger partial charge is 0.0929 e. The summed E-state index contributed by atoms with van der Waals surface area (Å²) in [5, 5.41) is 0. The van der Waals surface area contributed by atoms with Crippen molar-refractivity contribution in [3.8, 4) is 0 Å². The molecule has 42 valence electrons. The Morgan fingerprint density at radius 1 is 1.71 bits per heavy atom. The highest BCUT2D eigenvalue weighted by Gasteiger charge is 2.37. The van der Waals surface area contributed by atoms with Crippen LogP contribution >= 0.6 is 0 Å². The van der Waals surface area contributed by atoms with Gasteiger partial charge in [-0.15, -0.1) is 0 Å². The summed E-state index contributed by atoms with van der Waals surface area (Å²) < 4.78 is 11.0. The monoisotopic (exact) mass is 104 g/mol. The zero-order valence-electron chi connectivity index (χ0n) is 4.41. The molecule has 0 aromatic rings. The summed E-state index contributed by atoms with van der Waals surface area (Å²) in [5.41, 5.74) is 0.203. The summed E-state index contributed by atoms with van der Waals surface area (Å²) >= 11 is 0. The third-order valence-corrected chi connectivity index (χ3v) is 1.51. The lowest BCUT2D eigenvalue weighted by Gasteiger charge is -1.98. The van der Waals surface area contributed by atoms with Gasteiger partial charge in [-0.25, -0.2) is 0 Å². The van der Waals surface area contributed by atoms with Crippen LogP contribution in [0.3, 0.4) is 0 Å². The molecule has 0 radical (unpaired) electrons. The van der Waals surface area contributed by atoms with E-state index in [-0.39, 0.29) is 12.0 Å². The fourth-order valence-corrected chi connectivity index (χ4v) is 0.489. The van der Waals surface area contributed by atoms with Crippen molar-refractivity contribution in [2.45, 2.75) is 19.8 Å². The van der Waals surface area contributed by atoms with Crippen molar-refractivity contribution in [3.63, 3.8) is 0 Å². The molecule has 1 saturated carbocycles. The molecular formula is C5H9FO. The summed E-state index contributed by atoms with van der Waals surface area (Å²) in [6, 6.07) is 0. The molecule has 1 aliphatic carbocycles. The Kier molecular flexibility index (Phi) is 1.04. The van der Waals surface area contributed by atoms with Crippen molar-refractivity contribution >= 4 is 0 Å². The lowest BCUT2D eigenvalue weighted by Crippen LogP contribution is -1.99. The number of rotatable bonds is 2. The van der Waals surface area contributed by atoms with Gasteiger partial charge in [0.1, 0.15) is 0 Å². The molecule has 0 amide bonds. The predicted octanol–water partition coefficient (Wildman–Crippen LogP) is 1.69. The van der Waals surface area contributed by atoms with E-state index in [1.165, 1.54) is 0 Å². The molecule has 0 unspecified atom stereocenters. The second-order valence-corrected chi connectivity index (χ2v) is 2.56. The van der Waals surface area contributed by atoms with Crippen LogP contribution in [0.4, 0.5) is 4.53 Å². The van der Waals surface area contributed by atoms with Crippen molar-refractivity contribution in [3.05, 3.63) is 0 Å². The van der Waals surface area contributed by atoms with Crippen molar-refractivity contribution in [2.24, 2.45) is 5.41 Å². The van der Waals surface area contributed by atoms with Crippen LogP contribution in [-0.2, 0) is 4.94 Å². The molecule has 0 aromatic heterocycles. The Bertz CT molecular complexity index is 68.5. The van der Waals surface area contributed by atoms with E-state index in [1.807, 2.05) is 6.92 Å². The first kappa shape index (κ1) is 5.04. The molecule has 1 nitrogen and oxygen atoms in total. The van der Waals surface area contributed by atoms with Crippen molar-refractivity contribution in [2.75, 3.05) is 6.61 Å². The lowest BCUT2D eigenvalue weighted by atomic mass is 10.2. The molecule has 0 heterocycles. The second-order valence-electron chi connectivity index (χ2n) is 2.56. The van der Waals surface area contributed by atoms with Gasteiger partial charge in [-0.3, -0.25) is 0 Å². The van der Waals surface area contributed by atoms with E-state index in [9.17, 15) is 4.53 Å². The maximum absolute atomic E-state index is 11.0. The third-order valence-electron chi connectivity index (χ3n) is 1.51. The van der Waals surface area contributed by atoms with Crippen molar-refractivity contribution < 1.29 is 9.47 Å². The minimum atomic E-state index is 0.203. The van der Waals surface area contributed by atoms with Crippen molar-refractivity contribution in [1.82, 2.24) is 0 Å². The van der Waals surface area contributed by atoms with Crippen LogP contribution in [-0.4, -0.2) is 6.61 Å². The van der Waals surface area contributed by atoms with Gasteiger partial charge in [0, 0.05) is 0 Å². The van der Waals surface area contributed by atoms with Gasteiger partial charge in [0.15, 0.2) is 0 Å². The van der Waals surface area contributed by atoms with Crippen LogP contribution in [0.15, 0.2) is 0 Å². The quantitative estimate of drug-likeness (QED) is 0.518. The summed E-state index contributed by atoms with van der Waals surface area (Å²) in [5.74, 6) is 0. The zero-order valence-corrected chi connectivity index (χ0v) is 4.41. The van der Waals surface area contributed by atoms with E-state index in [4.69, 9.17) is 0 Å². The fourth-order valence-electron chi connectivity index (χ4n) is 0.489. The Morgan fingerprint density at radius 2 is 2.29 bits per heavy atom. The van der Waals surface area contributed by atoms with Gasteiger partial charge in [0.05, 0.1) is 6.61 Å². The summed E-state index contributed by atoms with van der Waals surface area (Å²) in [6.07, 6.45) is 2.24. The van der Waals surface area contributed by atoms with Crippen LogP contribution < -0.4 is 0 Å². The van der Waals surface area contributed by atoms with Gasteiger partial charge < -0.3 is 0 Å². The molecule has 7 heavy (non-hydrogen) atoms. The molecule has 0 aliphatic heterocycles. The van der Waals surface area contributed by atoms with Gasteiger partial charge in [0.2, 0.25) is 0 Å². The summed E-state index contributed by atoms with van der Waals surface area (Å²) in [7, 11) is 0. The summed E-state index contributed by atoms with van der Waals surface area (Å²) in [4.78, 5) is 3.47. The second kappa shape index (κ2) is 1.44. The molecular weight excluding hydrogens is 95.1 g/mol.